The van der Waals surface area contributed by atoms with Crippen LogP contribution in [-0.4, -0.2) is 21.1 Å². The van der Waals surface area contributed by atoms with E-state index in [0.29, 0.717) is 23.9 Å². The molecule has 30 heavy (non-hydrogen) atoms. The van der Waals surface area contributed by atoms with Crippen LogP contribution in [0.25, 0.3) is 16.0 Å². The Bertz CT molecular complexity index is 1230. The third-order valence-electron chi connectivity index (χ3n) is 5.04. The maximum atomic E-state index is 12.6. The number of aryl methyl sites for hydroxylation is 1. The Morgan fingerprint density at radius 2 is 1.97 bits per heavy atom. The number of fused-ring (bicyclic) bond motifs is 1. The molecule has 1 amide bonds. The molecule has 0 fully saturated rings. The summed E-state index contributed by atoms with van der Waals surface area (Å²) in [5, 5.41) is 2.06. The minimum absolute atomic E-state index is 0. The number of Topliss-reactive ketones (excluding diaryl/α,β-unsaturated/α-hetero) is 1. The van der Waals surface area contributed by atoms with Gasteiger partial charge in [-0.1, -0.05) is 55.9 Å². The second kappa shape index (κ2) is 9.27. The van der Waals surface area contributed by atoms with E-state index < -0.39 is 11.7 Å². The molecule has 5 nitrogen and oxygen atoms in total. The van der Waals surface area contributed by atoms with E-state index in [1.807, 2.05) is 42.6 Å². The predicted octanol–water partition coefficient (Wildman–Crippen LogP) is 0.997. The number of amides is 1. The van der Waals surface area contributed by atoms with Gasteiger partial charge in [0.2, 0.25) is 0 Å². The molecule has 1 aromatic carbocycles. The zero-order chi connectivity index (χ0) is 20.5. The molecular formula is C23H20N3NaO2S. The average Bonchev–Trinajstić information content (AvgIpc) is 3.34. The summed E-state index contributed by atoms with van der Waals surface area (Å²) in [4.78, 5) is 29.7. The van der Waals surface area contributed by atoms with E-state index in [9.17, 15) is 9.59 Å². The first kappa shape index (κ1) is 22.4. The maximum absolute atomic E-state index is 12.6. The molecule has 7 heteroatoms. The van der Waals surface area contributed by atoms with Crippen LogP contribution in [0.5, 0.6) is 0 Å². The third kappa shape index (κ3) is 4.01. The summed E-state index contributed by atoms with van der Waals surface area (Å²) in [6.45, 7) is 3.85. The monoisotopic (exact) mass is 425 g/mol. The SMILES string of the molecule is CCc1c(C(=O)C(N)=O)c2[c-]nc(C)cn2c1Cc1ccccc1-c1cccs1.[Na+]. The number of ketones is 1. The number of carbonyl (C=O) groups excluding carboxylic acids is 2. The first-order valence-corrected chi connectivity index (χ1v) is 10.3. The number of aromatic nitrogens is 2. The summed E-state index contributed by atoms with van der Waals surface area (Å²) in [5.41, 5.74) is 11.0. The Hall–Kier alpha value is -2.25. The Balaban J connectivity index is 0.00000256. The van der Waals surface area contributed by atoms with Crippen molar-refractivity contribution in [3.8, 4) is 10.4 Å². The third-order valence-corrected chi connectivity index (χ3v) is 5.94. The molecule has 0 aliphatic rings. The normalized spacial score (nSPS) is 10.7. The van der Waals surface area contributed by atoms with Crippen molar-refractivity contribution in [1.29, 1.82) is 0 Å². The number of primary amides is 1. The van der Waals surface area contributed by atoms with Crippen LogP contribution in [-0.2, 0) is 17.6 Å². The average molecular weight is 425 g/mol. The van der Waals surface area contributed by atoms with Crippen molar-refractivity contribution in [2.24, 2.45) is 5.73 Å². The molecule has 0 radical (unpaired) electrons. The summed E-state index contributed by atoms with van der Waals surface area (Å²) in [5.74, 6) is -1.66. The Labute approximate surface area is 201 Å². The van der Waals surface area contributed by atoms with Gasteiger partial charge in [0.25, 0.3) is 5.91 Å². The van der Waals surface area contributed by atoms with Gasteiger partial charge in [-0.15, -0.1) is 11.3 Å². The molecule has 0 unspecified atom stereocenters. The minimum Gasteiger partial charge on any atom is -0.387 e. The summed E-state index contributed by atoms with van der Waals surface area (Å²) in [6.07, 6.45) is 6.02. The Morgan fingerprint density at radius 1 is 1.20 bits per heavy atom. The fourth-order valence-corrected chi connectivity index (χ4v) is 4.55. The van der Waals surface area contributed by atoms with Gasteiger partial charge in [0.15, 0.2) is 5.78 Å². The van der Waals surface area contributed by atoms with E-state index in [-0.39, 0.29) is 29.6 Å². The largest absolute Gasteiger partial charge is 1.00 e. The molecule has 2 N–H and O–H groups in total. The molecule has 0 atom stereocenters. The van der Waals surface area contributed by atoms with Gasteiger partial charge in [-0.3, -0.25) is 9.59 Å². The molecule has 3 heterocycles. The second-order valence-corrected chi connectivity index (χ2v) is 7.82. The van der Waals surface area contributed by atoms with E-state index in [2.05, 4.69) is 34.8 Å². The first-order valence-electron chi connectivity index (χ1n) is 9.38. The summed E-state index contributed by atoms with van der Waals surface area (Å²) < 4.78 is 1.93. The second-order valence-electron chi connectivity index (χ2n) is 6.87. The maximum Gasteiger partial charge on any atom is 1.00 e. The minimum atomic E-state index is -0.966. The standard InChI is InChI=1S/C23H20N3O2S.Na/c1-3-16-18(11-15-7-4-5-8-17(15)20-9-6-10-29-20)26-13-14(2)25-12-19(26)21(16)22(27)23(24)28;/h4-10,13H,3,11H2,1-2H3,(H2,24,28);/q-1;+1. The van der Waals surface area contributed by atoms with E-state index >= 15 is 0 Å². The predicted molar refractivity (Wildman–Crippen MR) is 114 cm³/mol. The van der Waals surface area contributed by atoms with Crippen LogP contribution >= 0.6 is 11.3 Å². The fraction of sp³-hybridized carbons (Fsp3) is 0.174. The summed E-state index contributed by atoms with van der Waals surface area (Å²) >= 11 is 1.69. The fourth-order valence-electron chi connectivity index (χ4n) is 3.76. The molecule has 0 aliphatic carbocycles. The molecule has 146 valence electrons. The van der Waals surface area contributed by atoms with Crippen molar-refractivity contribution in [3.63, 3.8) is 0 Å². The summed E-state index contributed by atoms with van der Waals surface area (Å²) in [6, 6.07) is 12.4. The van der Waals surface area contributed by atoms with Crippen LogP contribution in [0.4, 0.5) is 0 Å². The molecule has 4 rings (SSSR count). The van der Waals surface area contributed by atoms with E-state index in [1.165, 1.54) is 4.88 Å². The van der Waals surface area contributed by atoms with Crippen molar-refractivity contribution in [1.82, 2.24) is 9.38 Å². The van der Waals surface area contributed by atoms with Crippen LogP contribution in [0.1, 0.15) is 39.8 Å². The molecule has 0 saturated carbocycles. The molecular weight excluding hydrogens is 405 g/mol. The van der Waals surface area contributed by atoms with Crippen LogP contribution in [0.3, 0.4) is 0 Å². The smallest absolute Gasteiger partial charge is 0.387 e. The van der Waals surface area contributed by atoms with Gasteiger partial charge in [0.05, 0.1) is 0 Å². The van der Waals surface area contributed by atoms with Gasteiger partial charge in [0, 0.05) is 17.0 Å². The number of nitrogens with two attached hydrogens (primary N) is 1. The van der Waals surface area contributed by atoms with Gasteiger partial charge in [-0.25, -0.2) is 0 Å². The molecule has 0 bridgehead atoms. The number of thiophene rings is 1. The first-order chi connectivity index (χ1) is 14.0. The van der Waals surface area contributed by atoms with Crippen molar-refractivity contribution < 1.29 is 39.1 Å². The van der Waals surface area contributed by atoms with E-state index in [0.717, 1.165) is 28.1 Å². The number of carbonyl (C=O) groups is 2. The van der Waals surface area contributed by atoms with Gasteiger partial charge >= 0.3 is 29.6 Å². The molecule has 0 spiro atoms. The Morgan fingerprint density at radius 3 is 2.63 bits per heavy atom. The molecule has 3 aromatic heterocycles. The number of nitrogens with zero attached hydrogens (tertiary/aromatic N) is 2. The number of hydrogen-bond donors (Lipinski definition) is 1. The quantitative estimate of drug-likeness (QED) is 0.217. The van der Waals surface area contributed by atoms with E-state index in [4.69, 9.17) is 5.73 Å². The van der Waals surface area contributed by atoms with Gasteiger partial charge in [-0.2, -0.15) is 0 Å². The molecule has 4 aromatic rings. The number of hydrogen-bond acceptors (Lipinski definition) is 4. The number of benzene rings is 1. The van der Waals surface area contributed by atoms with Gasteiger partial charge < -0.3 is 15.1 Å². The van der Waals surface area contributed by atoms with Gasteiger partial charge in [-0.05, 0) is 52.0 Å². The summed E-state index contributed by atoms with van der Waals surface area (Å²) in [7, 11) is 0. The zero-order valence-electron chi connectivity index (χ0n) is 17.2. The van der Waals surface area contributed by atoms with Crippen molar-refractivity contribution in [2.75, 3.05) is 0 Å². The van der Waals surface area contributed by atoms with Crippen LogP contribution < -0.4 is 35.3 Å². The van der Waals surface area contributed by atoms with Crippen molar-refractivity contribution >= 4 is 28.5 Å². The Kier molecular flexibility index (Phi) is 6.93. The van der Waals surface area contributed by atoms with E-state index in [1.54, 1.807) is 11.3 Å². The van der Waals surface area contributed by atoms with Crippen LogP contribution in [0.2, 0.25) is 0 Å². The zero-order valence-corrected chi connectivity index (χ0v) is 20.0. The van der Waals surface area contributed by atoms with Crippen molar-refractivity contribution in [3.05, 3.63) is 82.3 Å². The van der Waals surface area contributed by atoms with Crippen LogP contribution in [0.15, 0.2) is 48.0 Å². The number of rotatable bonds is 6. The molecule has 0 saturated heterocycles. The van der Waals surface area contributed by atoms with Crippen molar-refractivity contribution in [2.45, 2.75) is 26.7 Å². The van der Waals surface area contributed by atoms with Crippen LogP contribution in [0, 0.1) is 13.1 Å². The van der Waals surface area contributed by atoms with Gasteiger partial charge in [0.1, 0.15) is 0 Å². The topological polar surface area (TPSA) is 77.5 Å². The molecule has 0 aliphatic heterocycles.